The van der Waals surface area contributed by atoms with Crippen LogP contribution in [0.25, 0.3) is 0 Å². The molecule has 0 saturated carbocycles. The summed E-state index contributed by atoms with van der Waals surface area (Å²) in [6.45, 7) is 11.7. The highest BCUT2D eigenvalue weighted by atomic mass is 16.5. The molecule has 1 unspecified atom stereocenters. The van der Waals surface area contributed by atoms with E-state index in [1.807, 2.05) is 18.0 Å². The van der Waals surface area contributed by atoms with Crippen LogP contribution in [0, 0.1) is 0 Å². The molecule has 1 aromatic rings. The number of hydrogen-bond donors (Lipinski definition) is 1. The zero-order chi connectivity index (χ0) is 18.7. The summed E-state index contributed by atoms with van der Waals surface area (Å²) in [7, 11) is 1.87. The van der Waals surface area contributed by atoms with Crippen LogP contribution in [-0.4, -0.2) is 71.0 Å². The fraction of sp³-hybridized carbons (Fsp3) is 0.789. The smallest absolute Gasteiger partial charge is 0.323 e. The molecule has 0 radical (unpaired) electrons. The fourth-order valence-corrected chi connectivity index (χ4v) is 3.58. The van der Waals surface area contributed by atoms with Gasteiger partial charge < -0.3 is 14.5 Å². The van der Waals surface area contributed by atoms with Gasteiger partial charge in [0, 0.05) is 44.8 Å². The van der Waals surface area contributed by atoms with Crippen molar-refractivity contribution in [2.45, 2.75) is 51.6 Å². The minimum atomic E-state index is -0.0645. The lowest BCUT2D eigenvalue weighted by Crippen LogP contribution is -2.43. The van der Waals surface area contributed by atoms with Crippen molar-refractivity contribution < 1.29 is 9.53 Å². The maximum absolute atomic E-state index is 12.8. The molecule has 2 aliphatic rings. The number of urea groups is 1. The van der Waals surface area contributed by atoms with Crippen molar-refractivity contribution in [2.24, 2.45) is 7.05 Å². The molecule has 2 fully saturated rings. The van der Waals surface area contributed by atoms with Crippen molar-refractivity contribution in [3.63, 3.8) is 0 Å². The third-order valence-corrected chi connectivity index (χ3v) is 5.18. The Bertz CT molecular complexity index is 616. The van der Waals surface area contributed by atoms with Gasteiger partial charge in [0.05, 0.1) is 11.8 Å². The highest BCUT2D eigenvalue weighted by molar-refractivity contribution is 5.88. The van der Waals surface area contributed by atoms with Crippen LogP contribution in [0.2, 0.25) is 0 Å². The van der Waals surface area contributed by atoms with E-state index in [0.717, 1.165) is 50.7 Å². The van der Waals surface area contributed by atoms with Gasteiger partial charge in [-0.2, -0.15) is 5.10 Å². The number of aromatic nitrogens is 2. The normalized spacial score (nSPS) is 22.5. The first-order valence-electron chi connectivity index (χ1n) is 9.77. The van der Waals surface area contributed by atoms with Gasteiger partial charge in [0.1, 0.15) is 5.82 Å². The van der Waals surface area contributed by atoms with E-state index in [4.69, 9.17) is 4.74 Å². The Balaban J connectivity index is 1.61. The Hall–Kier alpha value is -1.60. The number of carbonyl (C=O) groups excluding carboxylic acids is 1. The number of ether oxygens (including phenoxy) is 1. The largest absolute Gasteiger partial charge is 0.375 e. The average Bonchev–Trinajstić information content (AvgIpc) is 3.13. The third kappa shape index (κ3) is 4.76. The quantitative estimate of drug-likeness (QED) is 0.896. The molecule has 3 rings (SSSR count). The first-order chi connectivity index (χ1) is 12.3. The van der Waals surface area contributed by atoms with Crippen LogP contribution in [-0.2, 0) is 17.2 Å². The number of hydrogen-bond acceptors (Lipinski definition) is 4. The van der Waals surface area contributed by atoms with Crippen LogP contribution in [0.15, 0.2) is 6.07 Å². The summed E-state index contributed by atoms with van der Waals surface area (Å²) in [5.41, 5.74) is 0.930. The van der Waals surface area contributed by atoms with Crippen LogP contribution in [0.3, 0.4) is 0 Å². The molecule has 0 aromatic carbocycles. The molecular formula is C19H33N5O2. The molecule has 2 saturated heterocycles. The Morgan fingerprint density at radius 1 is 1.27 bits per heavy atom. The summed E-state index contributed by atoms with van der Waals surface area (Å²) in [5, 5.41) is 7.57. The van der Waals surface area contributed by atoms with Crippen LogP contribution < -0.4 is 5.32 Å². The van der Waals surface area contributed by atoms with Crippen molar-refractivity contribution in [3.05, 3.63) is 11.8 Å². The second-order valence-electron chi connectivity index (χ2n) is 8.52. The molecule has 1 atom stereocenters. The minimum absolute atomic E-state index is 0.0436. The number of anilines is 1. The topological polar surface area (TPSA) is 62.6 Å². The van der Waals surface area contributed by atoms with Crippen molar-refractivity contribution in [1.82, 2.24) is 19.6 Å². The van der Waals surface area contributed by atoms with Gasteiger partial charge in [-0.05, 0) is 32.4 Å². The number of aryl methyl sites for hydroxylation is 1. The van der Waals surface area contributed by atoms with E-state index in [1.165, 1.54) is 12.8 Å². The van der Waals surface area contributed by atoms with Gasteiger partial charge in [-0.15, -0.1) is 0 Å². The van der Waals surface area contributed by atoms with Gasteiger partial charge in [0.25, 0.3) is 0 Å². The zero-order valence-corrected chi connectivity index (χ0v) is 16.6. The summed E-state index contributed by atoms with van der Waals surface area (Å²) in [4.78, 5) is 17.2. The van der Waals surface area contributed by atoms with E-state index < -0.39 is 0 Å². The molecule has 1 N–H and O–H groups in total. The van der Waals surface area contributed by atoms with Gasteiger partial charge in [0.2, 0.25) is 0 Å². The molecule has 2 amide bonds. The maximum atomic E-state index is 12.8. The van der Waals surface area contributed by atoms with Crippen LogP contribution in [0.1, 0.15) is 45.7 Å². The highest BCUT2D eigenvalue weighted by Crippen LogP contribution is 2.23. The molecule has 0 bridgehead atoms. The van der Waals surface area contributed by atoms with E-state index in [0.29, 0.717) is 6.54 Å². The Morgan fingerprint density at radius 2 is 2.00 bits per heavy atom. The van der Waals surface area contributed by atoms with Gasteiger partial charge in [-0.1, -0.05) is 20.8 Å². The zero-order valence-electron chi connectivity index (χ0n) is 16.6. The van der Waals surface area contributed by atoms with Crippen LogP contribution >= 0.6 is 0 Å². The Morgan fingerprint density at radius 3 is 2.65 bits per heavy atom. The summed E-state index contributed by atoms with van der Waals surface area (Å²) in [6, 6.07) is 1.90. The molecule has 146 valence electrons. The molecular weight excluding hydrogens is 330 g/mol. The van der Waals surface area contributed by atoms with Crippen LogP contribution in [0.4, 0.5) is 10.6 Å². The number of nitrogens with one attached hydrogen (secondary N) is 1. The molecule has 7 nitrogen and oxygen atoms in total. The SMILES string of the molecule is Cn1nc(C(C)(C)C)cc1NC(=O)N1CCCOC(CN2CCCC2)C1. The Labute approximate surface area is 156 Å². The van der Waals surface area contributed by atoms with Crippen LogP contribution in [0.5, 0.6) is 0 Å². The average molecular weight is 364 g/mol. The van der Waals surface area contributed by atoms with E-state index in [-0.39, 0.29) is 17.6 Å². The van der Waals surface area contributed by atoms with Crippen molar-refractivity contribution in [1.29, 1.82) is 0 Å². The maximum Gasteiger partial charge on any atom is 0.323 e. The molecule has 3 heterocycles. The molecule has 7 heteroatoms. The number of rotatable bonds is 3. The number of nitrogens with zero attached hydrogens (tertiary/aromatic N) is 4. The van der Waals surface area contributed by atoms with Crippen molar-refractivity contribution in [2.75, 3.05) is 44.6 Å². The third-order valence-electron chi connectivity index (χ3n) is 5.18. The second-order valence-corrected chi connectivity index (χ2v) is 8.52. The lowest BCUT2D eigenvalue weighted by atomic mass is 9.92. The number of carbonyl (C=O) groups is 1. The Kier molecular flexibility index (Phi) is 5.87. The van der Waals surface area contributed by atoms with E-state index in [2.05, 4.69) is 36.1 Å². The van der Waals surface area contributed by atoms with Gasteiger partial charge in [-0.25, -0.2) is 4.79 Å². The van der Waals surface area contributed by atoms with E-state index >= 15 is 0 Å². The van der Waals surface area contributed by atoms with Gasteiger partial charge in [-0.3, -0.25) is 10.00 Å². The predicted molar refractivity (Wildman–Crippen MR) is 103 cm³/mol. The lowest BCUT2D eigenvalue weighted by Gasteiger charge is -2.27. The second kappa shape index (κ2) is 7.96. The fourth-order valence-electron chi connectivity index (χ4n) is 3.58. The predicted octanol–water partition coefficient (Wildman–Crippen LogP) is 2.44. The van der Waals surface area contributed by atoms with Gasteiger partial charge in [0.15, 0.2) is 0 Å². The van der Waals surface area contributed by atoms with E-state index in [1.54, 1.807) is 4.68 Å². The molecule has 26 heavy (non-hydrogen) atoms. The molecule has 1 aromatic heterocycles. The summed E-state index contributed by atoms with van der Waals surface area (Å²) in [5.74, 6) is 0.737. The van der Waals surface area contributed by atoms with E-state index in [9.17, 15) is 4.79 Å². The van der Waals surface area contributed by atoms with Crippen molar-refractivity contribution in [3.8, 4) is 0 Å². The lowest BCUT2D eigenvalue weighted by molar-refractivity contribution is 0.0355. The molecule has 0 aliphatic carbocycles. The standard InChI is InChI=1S/C19H33N5O2/c1-19(2,3)16-12-17(22(4)21-16)20-18(25)24-10-7-11-26-15(14-24)13-23-8-5-6-9-23/h12,15H,5-11,13-14H2,1-4H3,(H,20,25). The first-order valence-corrected chi connectivity index (χ1v) is 9.77. The number of amides is 2. The summed E-state index contributed by atoms with van der Waals surface area (Å²) in [6.07, 6.45) is 3.52. The summed E-state index contributed by atoms with van der Waals surface area (Å²) < 4.78 is 7.73. The highest BCUT2D eigenvalue weighted by Gasteiger charge is 2.26. The van der Waals surface area contributed by atoms with Gasteiger partial charge >= 0.3 is 6.03 Å². The first kappa shape index (κ1) is 19.2. The monoisotopic (exact) mass is 363 g/mol. The molecule has 0 spiro atoms. The minimum Gasteiger partial charge on any atom is -0.375 e. The van der Waals surface area contributed by atoms with Crippen molar-refractivity contribution >= 4 is 11.8 Å². The molecule has 2 aliphatic heterocycles. The summed E-state index contributed by atoms with van der Waals surface area (Å²) >= 11 is 0. The number of likely N-dealkylation sites (tertiary alicyclic amines) is 1.